The lowest BCUT2D eigenvalue weighted by molar-refractivity contribution is -0.185. The van der Waals surface area contributed by atoms with Crippen LogP contribution in [0.3, 0.4) is 0 Å². The van der Waals surface area contributed by atoms with Gasteiger partial charge in [0.05, 0.1) is 0 Å². The van der Waals surface area contributed by atoms with Crippen molar-refractivity contribution in [3.05, 3.63) is 69.2 Å². The predicted molar refractivity (Wildman–Crippen MR) is 95.6 cm³/mol. The number of halogens is 6. The van der Waals surface area contributed by atoms with Crippen molar-refractivity contribution in [2.24, 2.45) is 0 Å². The normalized spacial score (nSPS) is 23.8. The van der Waals surface area contributed by atoms with Crippen LogP contribution >= 0.6 is 34.8 Å². The zero-order chi connectivity index (χ0) is 18.2. The standard InChI is InChI=1S/C18H15Cl3F3N/c19-9-11-2-1-3-12(4-11)16-8-17(10-25-16,18(22,23)24)13-5-14(20)7-15(21)6-13/h1-7,16,25H,8-10H2. The van der Waals surface area contributed by atoms with Crippen LogP contribution in [0.15, 0.2) is 42.5 Å². The highest BCUT2D eigenvalue weighted by atomic mass is 35.5. The third kappa shape index (κ3) is 3.63. The Bertz CT molecular complexity index is 758. The molecule has 7 heteroatoms. The summed E-state index contributed by atoms with van der Waals surface area (Å²) in [6, 6.07) is 11.0. The van der Waals surface area contributed by atoms with Gasteiger partial charge in [0.1, 0.15) is 5.41 Å². The van der Waals surface area contributed by atoms with E-state index in [-0.39, 0.29) is 28.6 Å². The molecule has 3 rings (SSSR count). The minimum Gasteiger partial charge on any atom is -0.309 e. The van der Waals surface area contributed by atoms with E-state index in [2.05, 4.69) is 5.32 Å². The minimum absolute atomic E-state index is 0.0843. The maximum Gasteiger partial charge on any atom is 0.399 e. The molecule has 1 N–H and O–H groups in total. The van der Waals surface area contributed by atoms with E-state index in [1.165, 1.54) is 18.2 Å². The maximum atomic E-state index is 14.1. The van der Waals surface area contributed by atoms with E-state index >= 15 is 0 Å². The van der Waals surface area contributed by atoms with Crippen LogP contribution in [-0.4, -0.2) is 12.7 Å². The summed E-state index contributed by atoms with van der Waals surface area (Å²) >= 11 is 17.7. The Labute approximate surface area is 159 Å². The summed E-state index contributed by atoms with van der Waals surface area (Å²) in [4.78, 5) is 0. The smallest absolute Gasteiger partial charge is 0.309 e. The fourth-order valence-corrected chi connectivity index (χ4v) is 4.04. The molecule has 2 aromatic rings. The number of nitrogens with one attached hydrogen (secondary N) is 1. The van der Waals surface area contributed by atoms with Crippen molar-refractivity contribution in [1.82, 2.24) is 5.32 Å². The van der Waals surface area contributed by atoms with Crippen molar-refractivity contribution >= 4 is 34.8 Å². The van der Waals surface area contributed by atoms with Crippen molar-refractivity contribution in [2.75, 3.05) is 6.54 Å². The Balaban J connectivity index is 2.01. The number of alkyl halides is 4. The first-order valence-electron chi connectivity index (χ1n) is 7.67. The number of hydrogen-bond acceptors (Lipinski definition) is 1. The van der Waals surface area contributed by atoms with E-state index in [4.69, 9.17) is 34.8 Å². The summed E-state index contributed by atoms with van der Waals surface area (Å²) in [5.41, 5.74) is -0.293. The zero-order valence-electron chi connectivity index (χ0n) is 13.0. The Hall–Kier alpha value is -0.940. The van der Waals surface area contributed by atoms with E-state index in [0.29, 0.717) is 5.88 Å². The lowest BCUT2D eigenvalue weighted by Crippen LogP contribution is -2.44. The molecule has 1 aliphatic rings. The summed E-state index contributed by atoms with van der Waals surface area (Å²) in [7, 11) is 0. The van der Waals surface area contributed by atoms with Gasteiger partial charge in [-0.3, -0.25) is 0 Å². The molecule has 0 bridgehead atoms. The fraction of sp³-hybridized carbons (Fsp3) is 0.333. The lowest BCUT2D eigenvalue weighted by atomic mass is 9.77. The Kier molecular flexibility index (Phi) is 5.27. The molecule has 1 nitrogen and oxygen atoms in total. The largest absolute Gasteiger partial charge is 0.399 e. The average Bonchev–Trinajstić information content (AvgIpc) is 3.00. The molecule has 0 aliphatic carbocycles. The van der Waals surface area contributed by atoms with Gasteiger partial charge in [-0.2, -0.15) is 13.2 Å². The third-order valence-corrected chi connectivity index (χ3v) is 5.41. The summed E-state index contributed by atoms with van der Waals surface area (Å²) in [5, 5.41) is 3.40. The van der Waals surface area contributed by atoms with Gasteiger partial charge in [0.25, 0.3) is 0 Å². The van der Waals surface area contributed by atoms with Gasteiger partial charge in [0.15, 0.2) is 0 Å². The second kappa shape index (κ2) is 6.99. The van der Waals surface area contributed by atoms with Crippen molar-refractivity contribution in [3.63, 3.8) is 0 Å². The quantitative estimate of drug-likeness (QED) is 0.590. The van der Waals surface area contributed by atoms with Crippen LogP contribution in [0.4, 0.5) is 13.2 Å². The van der Waals surface area contributed by atoms with Crippen LogP contribution in [0.5, 0.6) is 0 Å². The zero-order valence-corrected chi connectivity index (χ0v) is 15.3. The van der Waals surface area contributed by atoms with Crippen molar-refractivity contribution in [2.45, 2.75) is 29.9 Å². The summed E-state index contributed by atoms with van der Waals surface area (Å²) in [6.07, 6.45) is -4.56. The molecule has 1 aliphatic heterocycles. The first-order chi connectivity index (χ1) is 11.7. The molecule has 1 heterocycles. The van der Waals surface area contributed by atoms with Crippen molar-refractivity contribution in [1.29, 1.82) is 0 Å². The molecule has 2 aromatic carbocycles. The summed E-state index contributed by atoms with van der Waals surface area (Å²) in [5.74, 6) is 0.314. The van der Waals surface area contributed by atoms with Gasteiger partial charge in [0.2, 0.25) is 0 Å². The van der Waals surface area contributed by atoms with Gasteiger partial charge in [-0.05, 0) is 41.3 Å². The Morgan fingerprint density at radius 3 is 2.36 bits per heavy atom. The van der Waals surface area contributed by atoms with Crippen molar-refractivity contribution in [3.8, 4) is 0 Å². The molecule has 1 saturated heterocycles. The van der Waals surface area contributed by atoms with Crippen LogP contribution in [-0.2, 0) is 11.3 Å². The highest BCUT2D eigenvalue weighted by Gasteiger charge is 2.59. The summed E-state index contributed by atoms with van der Waals surface area (Å²) in [6.45, 7) is -0.233. The first kappa shape index (κ1) is 18.8. The molecule has 0 saturated carbocycles. The SMILES string of the molecule is FC(F)(F)C1(c2cc(Cl)cc(Cl)c2)CNC(c2cccc(CCl)c2)C1. The van der Waals surface area contributed by atoms with Crippen molar-refractivity contribution < 1.29 is 13.2 Å². The summed E-state index contributed by atoms with van der Waals surface area (Å²) < 4.78 is 42.2. The molecule has 25 heavy (non-hydrogen) atoms. The highest BCUT2D eigenvalue weighted by molar-refractivity contribution is 6.34. The lowest BCUT2D eigenvalue weighted by Gasteiger charge is -2.32. The predicted octanol–water partition coefficient (Wildman–Crippen LogP) is 6.27. The first-order valence-corrected chi connectivity index (χ1v) is 8.96. The molecule has 0 aromatic heterocycles. The minimum atomic E-state index is -4.44. The number of hydrogen-bond donors (Lipinski definition) is 1. The van der Waals surface area contributed by atoms with E-state index in [9.17, 15) is 13.2 Å². The molecule has 2 unspecified atom stereocenters. The molecule has 0 amide bonds. The molecular formula is C18H15Cl3F3N. The molecule has 0 radical (unpaired) electrons. The Morgan fingerprint density at radius 2 is 1.76 bits per heavy atom. The van der Waals surface area contributed by atoms with Gasteiger partial charge in [-0.25, -0.2) is 0 Å². The molecular weight excluding hydrogens is 394 g/mol. The third-order valence-electron chi connectivity index (χ3n) is 4.67. The van der Waals surface area contributed by atoms with E-state index in [1.54, 1.807) is 6.07 Å². The van der Waals surface area contributed by atoms with Crippen LogP contribution in [0.1, 0.15) is 29.2 Å². The van der Waals surface area contributed by atoms with Gasteiger partial charge < -0.3 is 5.32 Å². The highest BCUT2D eigenvalue weighted by Crippen LogP contribution is 2.50. The molecule has 134 valence electrons. The Morgan fingerprint density at radius 1 is 1.08 bits per heavy atom. The van der Waals surface area contributed by atoms with Crippen LogP contribution in [0.2, 0.25) is 10.0 Å². The van der Waals surface area contributed by atoms with Crippen LogP contribution in [0.25, 0.3) is 0 Å². The average molecular weight is 409 g/mol. The second-order valence-electron chi connectivity index (χ2n) is 6.25. The van der Waals surface area contributed by atoms with E-state index in [1.807, 2.05) is 18.2 Å². The second-order valence-corrected chi connectivity index (χ2v) is 7.39. The maximum absolute atomic E-state index is 14.1. The van der Waals surface area contributed by atoms with Gasteiger partial charge >= 0.3 is 6.18 Å². The topological polar surface area (TPSA) is 12.0 Å². The van der Waals surface area contributed by atoms with Crippen LogP contribution in [0, 0.1) is 0 Å². The molecule has 1 fully saturated rings. The van der Waals surface area contributed by atoms with Crippen LogP contribution < -0.4 is 5.32 Å². The van der Waals surface area contributed by atoms with Gasteiger partial charge in [-0.1, -0.05) is 47.5 Å². The fourth-order valence-electron chi connectivity index (χ4n) is 3.35. The monoisotopic (exact) mass is 407 g/mol. The molecule has 0 spiro atoms. The molecule has 2 atom stereocenters. The number of benzene rings is 2. The van der Waals surface area contributed by atoms with Gasteiger partial charge in [-0.15, -0.1) is 11.6 Å². The number of rotatable bonds is 3. The van der Waals surface area contributed by atoms with Gasteiger partial charge in [0, 0.05) is 28.5 Å². The van der Waals surface area contributed by atoms with E-state index in [0.717, 1.165) is 11.1 Å². The van der Waals surface area contributed by atoms with E-state index < -0.39 is 17.6 Å².